The van der Waals surface area contributed by atoms with Crippen molar-refractivity contribution >= 4 is 17.6 Å². The molecule has 0 radical (unpaired) electrons. The summed E-state index contributed by atoms with van der Waals surface area (Å²) in [4.78, 5) is 32.1. The first-order valence-electron chi connectivity index (χ1n) is 5.20. The number of carboxylic acids is 1. The number of ether oxygens (including phenoxy) is 1. The summed E-state index contributed by atoms with van der Waals surface area (Å²) in [6.45, 7) is 0. The number of carbonyl (C=O) groups is 2. The van der Waals surface area contributed by atoms with E-state index < -0.39 is 22.9 Å². The van der Waals surface area contributed by atoms with Crippen LogP contribution < -0.4 is 5.73 Å². The molecule has 3 N–H and O–H groups in total. The third kappa shape index (κ3) is 3.49. The Morgan fingerprint density at radius 1 is 1.53 bits per heavy atom. The zero-order valence-corrected chi connectivity index (χ0v) is 10.0. The lowest BCUT2D eigenvalue weighted by molar-refractivity contribution is -0.384. The molecule has 0 saturated heterocycles. The van der Waals surface area contributed by atoms with Crippen LogP contribution in [0.3, 0.4) is 0 Å². The molecule has 0 unspecified atom stereocenters. The zero-order chi connectivity index (χ0) is 14.6. The van der Waals surface area contributed by atoms with E-state index >= 15 is 0 Å². The average molecular weight is 268 g/mol. The molecule has 0 saturated carbocycles. The first-order valence-corrected chi connectivity index (χ1v) is 5.20. The smallest absolute Gasteiger partial charge is 0.336 e. The maximum atomic E-state index is 11.2. The second kappa shape index (κ2) is 5.91. The molecular formula is C11H12N2O6. The van der Waals surface area contributed by atoms with Gasteiger partial charge in [0.05, 0.1) is 17.6 Å². The molecule has 0 heterocycles. The van der Waals surface area contributed by atoms with Crippen molar-refractivity contribution in [3.05, 3.63) is 39.4 Å². The van der Waals surface area contributed by atoms with Gasteiger partial charge in [0.15, 0.2) is 0 Å². The van der Waals surface area contributed by atoms with Crippen LogP contribution in [0.15, 0.2) is 18.2 Å². The summed E-state index contributed by atoms with van der Waals surface area (Å²) in [5, 5.41) is 19.6. The molecule has 0 fully saturated rings. The Hall–Kier alpha value is -2.48. The summed E-state index contributed by atoms with van der Waals surface area (Å²) in [7, 11) is 1.16. The maximum Gasteiger partial charge on any atom is 0.336 e. The zero-order valence-electron chi connectivity index (χ0n) is 10.0. The number of non-ortho nitro benzene ring substituents is 1. The predicted molar refractivity (Wildman–Crippen MR) is 63.8 cm³/mol. The summed E-state index contributed by atoms with van der Waals surface area (Å²) in [5.41, 5.74) is 5.16. The number of rotatable bonds is 5. The molecule has 1 aromatic rings. The highest BCUT2D eigenvalue weighted by Crippen LogP contribution is 2.19. The highest BCUT2D eigenvalue weighted by Gasteiger charge is 2.21. The van der Waals surface area contributed by atoms with Crippen LogP contribution >= 0.6 is 0 Å². The van der Waals surface area contributed by atoms with Crippen molar-refractivity contribution in [2.24, 2.45) is 5.73 Å². The topological polar surface area (TPSA) is 133 Å². The predicted octanol–water partition coefficient (Wildman–Crippen LogP) is 0.336. The van der Waals surface area contributed by atoms with Gasteiger partial charge in [-0.3, -0.25) is 14.9 Å². The lowest BCUT2D eigenvalue weighted by Crippen LogP contribution is -2.34. The number of nitro groups is 1. The van der Waals surface area contributed by atoms with Gasteiger partial charge in [-0.2, -0.15) is 0 Å². The normalized spacial score (nSPS) is 11.7. The van der Waals surface area contributed by atoms with Crippen LogP contribution in [-0.4, -0.2) is 35.1 Å². The quantitative estimate of drug-likeness (QED) is 0.446. The molecule has 1 atom stereocenters. The molecule has 8 nitrogen and oxygen atoms in total. The molecule has 19 heavy (non-hydrogen) atoms. The van der Waals surface area contributed by atoms with E-state index in [0.717, 1.165) is 19.2 Å². The van der Waals surface area contributed by atoms with Crippen LogP contribution in [0.25, 0.3) is 0 Å². The minimum atomic E-state index is -1.32. The molecular weight excluding hydrogens is 256 g/mol. The van der Waals surface area contributed by atoms with Gasteiger partial charge in [-0.05, 0) is 12.0 Å². The van der Waals surface area contributed by atoms with E-state index in [1.807, 2.05) is 0 Å². The Labute approximate surface area is 107 Å². The summed E-state index contributed by atoms with van der Waals surface area (Å²) >= 11 is 0. The highest BCUT2D eigenvalue weighted by atomic mass is 16.6. The van der Waals surface area contributed by atoms with Gasteiger partial charge in [-0.1, -0.05) is 6.07 Å². The van der Waals surface area contributed by atoms with Crippen LogP contribution in [-0.2, 0) is 16.0 Å². The molecule has 0 aliphatic rings. The third-order valence-electron chi connectivity index (χ3n) is 2.48. The van der Waals surface area contributed by atoms with E-state index in [2.05, 4.69) is 4.74 Å². The molecule has 102 valence electrons. The first kappa shape index (κ1) is 14.6. The van der Waals surface area contributed by atoms with Gasteiger partial charge in [-0.15, -0.1) is 0 Å². The van der Waals surface area contributed by atoms with E-state index in [-0.39, 0.29) is 23.2 Å². The van der Waals surface area contributed by atoms with Crippen molar-refractivity contribution in [2.45, 2.75) is 12.5 Å². The maximum absolute atomic E-state index is 11.2. The minimum absolute atomic E-state index is 0.0771. The number of esters is 1. The van der Waals surface area contributed by atoms with E-state index in [1.165, 1.54) is 6.07 Å². The van der Waals surface area contributed by atoms with Gasteiger partial charge in [0.1, 0.15) is 6.04 Å². The van der Waals surface area contributed by atoms with E-state index in [1.54, 1.807) is 0 Å². The van der Waals surface area contributed by atoms with E-state index in [4.69, 9.17) is 10.8 Å². The monoisotopic (exact) mass is 268 g/mol. The number of nitrogens with two attached hydrogens (primary N) is 1. The number of benzene rings is 1. The van der Waals surface area contributed by atoms with Gasteiger partial charge in [0.2, 0.25) is 0 Å². The number of hydrogen-bond donors (Lipinski definition) is 2. The fraction of sp³-hybridized carbons (Fsp3) is 0.273. The number of aromatic carboxylic acids is 1. The van der Waals surface area contributed by atoms with Gasteiger partial charge in [0, 0.05) is 12.1 Å². The van der Waals surface area contributed by atoms with Crippen molar-refractivity contribution in [1.29, 1.82) is 0 Å². The Kier molecular flexibility index (Phi) is 4.54. The van der Waals surface area contributed by atoms with Crippen molar-refractivity contribution in [3.63, 3.8) is 0 Å². The highest BCUT2D eigenvalue weighted by molar-refractivity contribution is 5.90. The average Bonchev–Trinajstić information content (AvgIpc) is 2.37. The summed E-state index contributed by atoms with van der Waals surface area (Å²) in [6, 6.07) is 2.34. The van der Waals surface area contributed by atoms with Crippen LogP contribution in [0.4, 0.5) is 5.69 Å². The Morgan fingerprint density at radius 3 is 2.63 bits per heavy atom. The van der Waals surface area contributed by atoms with Crippen LogP contribution in [0, 0.1) is 10.1 Å². The molecule has 0 aliphatic carbocycles. The lowest BCUT2D eigenvalue weighted by Gasteiger charge is -2.11. The molecule has 0 aromatic heterocycles. The lowest BCUT2D eigenvalue weighted by atomic mass is 10.00. The number of methoxy groups -OCH3 is 1. The number of hydrogen-bond acceptors (Lipinski definition) is 6. The fourth-order valence-electron chi connectivity index (χ4n) is 1.53. The number of nitro benzene ring substituents is 1. The van der Waals surface area contributed by atoms with Crippen molar-refractivity contribution in [2.75, 3.05) is 7.11 Å². The van der Waals surface area contributed by atoms with Crippen LogP contribution in [0.1, 0.15) is 15.9 Å². The Balaban J connectivity index is 3.10. The van der Waals surface area contributed by atoms with Gasteiger partial charge in [0.25, 0.3) is 5.69 Å². The van der Waals surface area contributed by atoms with Gasteiger partial charge >= 0.3 is 11.9 Å². The molecule has 1 rings (SSSR count). The van der Waals surface area contributed by atoms with Crippen LogP contribution in [0.5, 0.6) is 0 Å². The third-order valence-corrected chi connectivity index (χ3v) is 2.48. The Bertz CT molecular complexity index is 528. The second-order valence-corrected chi connectivity index (χ2v) is 3.74. The minimum Gasteiger partial charge on any atom is -0.478 e. The largest absolute Gasteiger partial charge is 0.478 e. The molecule has 0 amide bonds. The summed E-state index contributed by atoms with van der Waals surface area (Å²) in [6.07, 6.45) is -0.0771. The molecule has 1 aromatic carbocycles. The van der Waals surface area contributed by atoms with Gasteiger partial charge in [-0.25, -0.2) is 4.79 Å². The van der Waals surface area contributed by atoms with E-state index in [9.17, 15) is 19.7 Å². The van der Waals surface area contributed by atoms with Crippen molar-refractivity contribution < 1.29 is 24.4 Å². The van der Waals surface area contributed by atoms with E-state index in [0.29, 0.717) is 0 Å². The first-order chi connectivity index (χ1) is 8.86. The molecule has 0 bridgehead atoms. The van der Waals surface area contributed by atoms with Crippen LogP contribution in [0.2, 0.25) is 0 Å². The van der Waals surface area contributed by atoms with Crippen molar-refractivity contribution in [1.82, 2.24) is 0 Å². The number of carboxylic acid groups (broad SMARTS) is 1. The number of nitrogens with zero attached hydrogens (tertiary/aromatic N) is 1. The van der Waals surface area contributed by atoms with Crippen molar-refractivity contribution in [3.8, 4) is 0 Å². The Morgan fingerprint density at radius 2 is 2.16 bits per heavy atom. The fourth-order valence-corrected chi connectivity index (χ4v) is 1.53. The molecule has 0 spiro atoms. The summed E-state index contributed by atoms with van der Waals surface area (Å²) < 4.78 is 4.43. The molecule has 0 aliphatic heterocycles. The molecule has 8 heteroatoms. The summed E-state index contributed by atoms with van der Waals surface area (Å²) in [5.74, 6) is -2.01. The standard InChI is InChI=1S/C11H12N2O6/c1-19-11(16)9(12)4-6-2-3-7(13(17)18)5-8(6)10(14)15/h2-3,5,9H,4,12H2,1H3,(H,14,15)/t9-/m1/s1. The number of carbonyl (C=O) groups excluding carboxylic acids is 1. The SMILES string of the molecule is COC(=O)[C@H](N)Cc1ccc([N+](=O)[O-])cc1C(=O)O. The van der Waals surface area contributed by atoms with Gasteiger partial charge < -0.3 is 15.6 Å². The second-order valence-electron chi connectivity index (χ2n) is 3.74.